The van der Waals surface area contributed by atoms with Gasteiger partial charge in [0.25, 0.3) is 0 Å². The first-order chi connectivity index (χ1) is 7.62. The Hall–Kier alpha value is -0.950. The van der Waals surface area contributed by atoms with E-state index in [9.17, 15) is 8.42 Å². The summed E-state index contributed by atoms with van der Waals surface area (Å²) in [5.41, 5.74) is 0.755. The monoisotopic (exact) mass is 244 g/mol. The highest BCUT2D eigenvalue weighted by molar-refractivity contribution is 7.82. The van der Waals surface area contributed by atoms with E-state index in [2.05, 4.69) is 0 Å². The van der Waals surface area contributed by atoms with E-state index < -0.39 is 22.6 Å². The third kappa shape index (κ3) is 2.41. The molecule has 5 nitrogen and oxygen atoms in total. The van der Waals surface area contributed by atoms with Crippen molar-refractivity contribution >= 4 is 10.4 Å². The summed E-state index contributed by atoms with van der Waals surface area (Å²) in [4.78, 5) is 0. The molecule has 16 heavy (non-hydrogen) atoms. The van der Waals surface area contributed by atoms with E-state index in [0.717, 1.165) is 5.56 Å². The summed E-state index contributed by atoms with van der Waals surface area (Å²) in [6.45, 7) is 0.165. The fraction of sp³-hybridized carbons (Fsp3) is 0.400. The Labute approximate surface area is 94.3 Å². The molecule has 0 amide bonds. The highest BCUT2D eigenvalue weighted by Gasteiger charge is 2.40. The molecule has 1 fully saturated rings. The number of methoxy groups -OCH3 is 1. The van der Waals surface area contributed by atoms with Crippen LogP contribution in [0.5, 0.6) is 0 Å². The Morgan fingerprint density at radius 2 is 1.94 bits per heavy atom. The van der Waals surface area contributed by atoms with E-state index >= 15 is 0 Å². The second-order valence-electron chi connectivity index (χ2n) is 3.43. The molecule has 1 heterocycles. The van der Waals surface area contributed by atoms with E-state index in [4.69, 9.17) is 13.1 Å². The van der Waals surface area contributed by atoms with Crippen molar-refractivity contribution < 1.29 is 21.5 Å². The first kappa shape index (κ1) is 11.5. The largest absolute Gasteiger partial charge is 0.401 e. The van der Waals surface area contributed by atoms with Crippen LogP contribution >= 0.6 is 0 Å². The van der Waals surface area contributed by atoms with E-state index in [-0.39, 0.29) is 6.61 Å². The average Bonchev–Trinajstić information content (AvgIpc) is 2.56. The molecule has 2 atom stereocenters. The molecule has 1 saturated heterocycles. The molecule has 6 heteroatoms. The van der Waals surface area contributed by atoms with Gasteiger partial charge in [-0.25, -0.2) is 8.37 Å². The van der Waals surface area contributed by atoms with Gasteiger partial charge in [0.05, 0.1) is 6.61 Å². The van der Waals surface area contributed by atoms with E-state index in [1.165, 1.54) is 7.11 Å². The molecule has 0 N–H and O–H groups in total. The molecule has 1 aromatic carbocycles. The predicted octanol–water partition coefficient (Wildman–Crippen LogP) is 1.03. The maximum Gasteiger partial charge on any atom is 0.401 e. The summed E-state index contributed by atoms with van der Waals surface area (Å²) < 4.78 is 37.0. The van der Waals surface area contributed by atoms with Crippen molar-refractivity contribution in [2.24, 2.45) is 0 Å². The lowest BCUT2D eigenvalue weighted by molar-refractivity contribution is 0.0613. The van der Waals surface area contributed by atoms with Gasteiger partial charge in [-0.05, 0) is 5.56 Å². The zero-order valence-corrected chi connectivity index (χ0v) is 9.51. The topological polar surface area (TPSA) is 61.8 Å². The van der Waals surface area contributed by atoms with Gasteiger partial charge >= 0.3 is 10.4 Å². The molecule has 0 unspecified atom stereocenters. The molecule has 0 bridgehead atoms. The SMILES string of the molecule is COC[C@H]1OS(=O)(=O)O[C@@H]1c1ccccc1. The summed E-state index contributed by atoms with van der Waals surface area (Å²) in [6, 6.07) is 9.05. The second kappa shape index (κ2) is 4.50. The van der Waals surface area contributed by atoms with Crippen molar-refractivity contribution in [2.45, 2.75) is 12.2 Å². The lowest BCUT2D eigenvalue weighted by atomic mass is 10.1. The van der Waals surface area contributed by atoms with Gasteiger partial charge < -0.3 is 4.74 Å². The van der Waals surface area contributed by atoms with Crippen LogP contribution in [0.1, 0.15) is 11.7 Å². The summed E-state index contributed by atoms with van der Waals surface area (Å²) >= 11 is 0. The normalized spacial score (nSPS) is 28.1. The molecule has 0 aliphatic carbocycles. The van der Waals surface area contributed by atoms with Crippen LogP contribution in [0, 0.1) is 0 Å². The number of benzene rings is 1. The molecule has 2 rings (SSSR count). The lowest BCUT2D eigenvalue weighted by Gasteiger charge is -2.13. The van der Waals surface area contributed by atoms with Crippen LogP contribution in [0.4, 0.5) is 0 Å². The molecule has 0 aromatic heterocycles. The fourth-order valence-corrected chi connectivity index (χ4v) is 2.60. The second-order valence-corrected chi connectivity index (χ2v) is 4.63. The molecule has 1 aliphatic rings. The van der Waals surface area contributed by atoms with Gasteiger partial charge in [-0.3, -0.25) is 0 Å². The maximum atomic E-state index is 11.2. The minimum Gasteiger partial charge on any atom is -0.382 e. The van der Waals surface area contributed by atoms with Gasteiger partial charge in [-0.1, -0.05) is 30.3 Å². The first-order valence-corrected chi connectivity index (χ1v) is 6.11. The quantitative estimate of drug-likeness (QED) is 0.794. The molecular weight excluding hydrogens is 232 g/mol. The highest BCUT2D eigenvalue weighted by atomic mass is 32.3. The van der Waals surface area contributed by atoms with Crippen molar-refractivity contribution in [1.29, 1.82) is 0 Å². The van der Waals surface area contributed by atoms with Gasteiger partial charge in [-0.15, -0.1) is 0 Å². The molecule has 88 valence electrons. The zero-order valence-electron chi connectivity index (χ0n) is 8.70. The lowest BCUT2D eigenvalue weighted by Crippen LogP contribution is -2.20. The van der Waals surface area contributed by atoms with Crippen LogP contribution in [-0.4, -0.2) is 28.2 Å². The standard InChI is InChI=1S/C10H12O5S/c1-13-7-9-10(15-16(11,12)14-9)8-5-3-2-4-6-8/h2-6,9-10H,7H2,1H3/t9-,10-/m1/s1. The Bertz CT molecular complexity index is 442. The predicted molar refractivity (Wildman–Crippen MR) is 55.9 cm³/mol. The minimum atomic E-state index is -3.89. The van der Waals surface area contributed by atoms with Crippen LogP contribution in [-0.2, 0) is 23.5 Å². The van der Waals surface area contributed by atoms with Gasteiger partial charge in [-0.2, -0.15) is 8.42 Å². The molecule has 0 spiro atoms. The summed E-state index contributed by atoms with van der Waals surface area (Å²) in [7, 11) is -2.41. The third-order valence-electron chi connectivity index (χ3n) is 2.26. The molecule has 1 aromatic rings. The number of ether oxygens (including phenoxy) is 1. The van der Waals surface area contributed by atoms with E-state index in [1.807, 2.05) is 18.2 Å². The molecular formula is C10H12O5S. The Morgan fingerprint density at radius 1 is 1.25 bits per heavy atom. The maximum absolute atomic E-state index is 11.2. The van der Waals surface area contributed by atoms with Gasteiger partial charge in [0.15, 0.2) is 0 Å². The van der Waals surface area contributed by atoms with Gasteiger partial charge in [0.2, 0.25) is 0 Å². The summed E-state index contributed by atoms with van der Waals surface area (Å²) in [5, 5.41) is 0. The summed E-state index contributed by atoms with van der Waals surface area (Å²) in [6.07, 6.45) is -1.26. The smallest absolute Gasteiger partial charge is 0.382 e. The molecule has 0 saturated carbocycles. The first-order valence-electron chi connectivity index (χ1n) is 4.78. The van der Waals surface area contributed by atoms with Crippen LogP contribution < -0.4 is 0 Å². The van der Waals surface area contributed by atoms with E-state index in [1.54, 1.807) is 12.1 Å². The number of rotatable bonds is 3. The van der Waals surface area contributed by atoms with E-state index in [0.29, 0.717) is 0 Å². The van der Waals surface area contributed by atoms with Crippen molar-refractivity contribution in [3.8, 4) is 0 Å². The minimum absolute atomic E-state index is 0.165. The average molecular weight is 244 g/mol. The van der Waals surface area contributed by atoms with Crippen LogP contribution in [0.25, 0.3) is 0 Å². The van der Waals surface area contributed by atoms with Crippen LogP contribution in [0.3, 0.4) is 0 Å². The number of hydrogen-bond donors (Lipinski definition) is 0. The molecule has 1 aliphatic heterocycles. The zero-order chi connectivity index (χ0) is 11.6. The van der Waals surface area contributed by atoms with Crippen molar-refractivity contribution in [3.05, 3.63) is 35.9 Å². The Morgan fingerprint density at radius 3 is 2.56 bits per heavy atom. The molecule has 0 radical (unpaired) electrons. The van der Waals surface area contributed by atoms with Crippen molar-refractivity contribution in [2.75, 3.05) is 13.7 Å². The third-order valence-corrected chi connectivity index (χ3v) is 3.19. The van der Waals surface area contributed by atoms with Crippen molar-refractivity contribution in [1.82, 2.24) is 0 Å². The van der Waals surface area contributed by atoms with Crippen LogP contribution in [0.15, 0.2) is 30.3 Å². The number of hydrogen-bond acceptors (Lipinski definition) is 5. The van der Waals surface area contributed by atoms with Gasteiger partial charge in [0, 0.05) is 7.11 Å². The summed E-state index contributed by atoms with van der Waals surface area (Å²) in [5.74, 6) is 0. The van der Waals surface area contributed by atoms with Gasteiger partial charge in [0.1, 0.15) is 12.2 Å². The Balaban J connectivity index is 2.26. The van der Waals surface area contributed by atoms with Crippen LogP contribution in [0.2, 0.25) is 0 Å². The van der Waals surface area contributed by atoms with Crippen molar-refractivity contribution in [3.63, 3.8) is 0 Å². The fourth-order valence-electron chi connectivity index (χ4n) is 1.61. The Kier molecular flexibility index (Phi) is 3.25. The highest BCUT2D eigenvalue weighted by Crippen LogP contribution is 2.33.